The van der Waals surface area contributed by atoms with Crippen molar-refractivity contribution in [3.63, 3.8) is 0 Å². The minimum Gasteiger partial charge on any atom is -0.486 e. The second-order valence-electron chi connectivity index (χ2n) is 6.47. The van der Waals surface area contributed by atoms with E-state index in [0.717, 1.165) is 51.2 Å². The normalized spacial score (nSPS) is 23.9. The van der Waals surface area contributed by atoms with Gasteiger partial charge in [-0.1, -0.05) is 32.0 Å². The average molecular weight is 288 g/mol. The van der Waals surface area contributed by atoms with Crippen molar-refractivity contribution in [1.29, 1.82) is 0 Å². The molecule has 1 atom stereocenters. The van der Waals surface area contributed by atoms with Gasteiger partial charge < -0.3 is 10.1 Å². The van der Waals surface area contributed by atoms with E-state index in [1.165, 1.54) is 11.1 Å². The van der Waals surface area contributed by atoms with Gasteiger partial charge in [-0.3, -0.25) is 4.90 Å². The zero-order valence-electron chi connectivity index (χ0n) is 13.6. The summed E-state index contributed by atoms with van der Waals surface area (Å²) in [6.45, 7) is 11.1. The van der Waals surface area contributed by atoms with Gasteiger partial charge in [0.15, 0.2) is 0 Å². The van der Waals surface area contributed by atoms with Crippen molar-refractivity contribution in [2.45, 2.75) is 51.7 Å². The van der Waals surface area contributed by atoms with Crippen LogP contribution in [-0.4, -0.2) is 36.7 Å². The topological polar surface area (TPSA) is 24.5 Å². The lowest BCUT2D eigenvalue weighted by Crippen LogP contribution is -2.51. The number of para-hydroxylation sites is 1. The summed E-state index contributed by atoms with van der Waals surface area (Å²) in [5.41, 5.74) is 2.71. The zero-order chi connectivity index (χ0) is 14.9. The second-order valence-corrected chi connectivity index (χ2v) is 6.47. The SMILES string of the molecule is CCN(CC)C1CC2(CCNCC2)Oc2c(C)cccc21. The van der Waals surface area contributed by atoms with Gasteiger partial charge in [0.25, 0.3) is 0 Å². The summed E-state index contributed by atoms with van der Waals surface area (Å²) < 4.78 is 6.59. The lowest BCUT2D eigenvalue weighted by molar-refractivity contribution is -0.0188. The maximum atomic E-state index is 6.59. The lowest BCUT2D eigenvalue weighted by atomic mass is 9.80. The van der Waals surface area contributed by atoms with E-state index in [-0.39, 0.29) is 5.60 Å². The number of rotatable bonds is 3. The maximum absolute atomic E-state index is 6.59. The van der Waals surface area contributed by atoms with Crippen LogP contribution in [-0.2, 0) is 0 Å². The van der Waals surface area contributed by atoms with Crippen LogP contribution in [0, 0.1) is 6.92 Å². The third kappa shape index (κ3) is 2.69. The van der Waals surface area contributed by atoms with Gasteiger partial charge in [-0.15, -0.1) is 0 Å². The molecule has 116 valence electrons. The molecule has 1 unspecified atom stereocenters. The minimum atomic E-state index is 0.0393. The quantitative estimate of drug-likeness (QED) is 0.924. The molecule has 3 heteroatoms. The predicted octanol–water partition coefficient (Wildman–Crippen LogP) is 3.28. The van der Waals surface area contributed by atoms with Gasteiger partial charge in [0.1, 0.15) is 11.4 Å². The van der Waals surface area contributed by atoms with Crippen LogP contribution in [0.25, 0.3) is 0 Å². The van der Waals surface area contributed by atoms with Crippen LogP contribution >= 0.6 is 0 Å². The summed E-state index contributed by atoms with van der Waals surface area (Å²) >= 11 is 0. The Balaban J connectivity index is 2.01. The van der Waals surface area contributed by atoms with Gasteiger partial charge in [0.05, 0.1) is 0 Å². The summed E-state index contributed by atoms with van der Waals surface area (Å²) in [5.74, 6) is 1.16. The smallest absolute Gasteiger partial charge is 0.127 e. The summed E-state index contributed by atoms with van der Waals surface area (Å²) in [5, 5.41) is 3.47. The largest absolute Gasteiger partial charge is 0.486 e. The van der Waals surface area contributed by atoms with E-state index in [4.69, 9.17) is 4.74 Å². The summed E-state index contributed by atoms with van der Waals surface area (Å²) in [6.07, 6.45) is 3.38. The number of hydrogen-bond acceptors (Lipinski definition) is 3. The molecule has 2 aliphatic heterocycles. The molecule has 3 nitrogen and oxygen atoms in total. The van der Waals surface area contributed by atoms with Gasteiger partial charge in [0, 0.05) is 18.0 Å². The molecule has 0 aliphatic carbocycles. The number of fused-ring (bicyclic) bond motifs is 1. The van der Waals surface area contributed by atoms with Gasteiger partial charge in [-0.05, 0) is 51.5 Å². The Hall–Kier alpha value is -1.06. The Morgan fingerprint density at radius 2 is 1.95 bits per heavy atom. The standard InChI is InChI=1S/C18H28N2O/c1-4-20(5-2)16-13-18(9-11-19-12-10-18)21-17-14(3)7-6-8-15(16)17/h6-8,16,19H,4-5,9-13H2,1-3H3. The summed E-state index contributed by atoms with van der Waals surface area (Å²) in [6, 6.07) is 7.12. The zero-order valence-corrected chi connectivity index (χ0v) is 13.6. The van der Waals surface area contributed by atoms with E-state index in [9.17, 15) is 0 Å². The number of nitrogens with zero attached hydrogens (tertiary/aromatic N) is 1. The van der Waals surface area contributed by atoms with Crippen LogP contribution in [0.15, 0.2) is 18.2 Å². The van der Waals surface area contributed by atoms with Crippen LogP contribution in [0.2, 0.25) is 0 Å². The molecule has 0 aromatic heterocycles. The molecule has 0 radical (unpaired) electrons. The van der Waals surface area contributed by atoms with E-state index < -0.39 is 0 Å². The fourth-order valence-electron chi connectivity index (χ4n) is 3.98. The van der Waals surface area contributed by atoms with Crippen molar-refractivity contribution in [3.8, 4) is 5.75 Å². The highest BCUT2D eigenvalue weighted by Crippen LogP contribution is 2.47. The van der Waals surface area contributed by atoms with Crippen LogP contribution in [0.4, 0.5) is 0 Å². The van der Waals surface area contributed by atoms with Crippen LogP contribution in [0.1, 0.15) is 50.3 Å². The third-order valence-electron chi connectivity index (χ3n) is 5.25. The second kappa shape index (κ2) is 5.98. The van der Waals surface area contributed by atoms with Gasteiger partial charge in [-0.2, -0.15) is 0 Å². The molecule has 1 N–H and O–H groups in total. The Morgan fingerprint density at radius 1 is 1.24 bits per heavy atom. The molecule has 2 heterocycles. The van der Waals surface area contributed by atoms with Gasteiger partial charge >= 0.3 is 0 Å². The van der Waals surface area contributed by atoms with E-state index in [2.05, 4.69) is 49.2 Å². The maximum Gasteiger partial charge on any atom is 0.127 e. The number of benzene rings is 1. The average Bonchev–Trinajstić information content (AvgIpc) is 2.50. The Morgan fingerprint density at radius 3 is 2.62 bits per heavy atom. The first-order valence-corrected chi connectivity index (χ1v) is 8.42. The van der Waals surface area contributed by atoms with Crippen molar-refractivity contribution in [3.05, 3.63) is 29.3 Å². The highest BCUT2D eigenvalue weighted by atomic mass is 16.5. The van der Waals surface area contributed by atoms with Crippen molar-refractivity contribution in [2.75, 3.05) is 26.2 Å². The van der Waals surface area contributed by atoms with Crippen molar-refractivity contribution >= 4 is 0 Å². The fourth-order valence-corrected chi connectivity index (χ4v) is 3.98. The number of ether oxygens (including phenoxy) is 1. The molecule has 1 saturated heterocycles. The van der Waals surface area contributed by atoms with Crippen molar-refractivity contribution in [2.24, 2.45) is 0 Å². The first-order chi connectivity index (χ1) is 10.2. The highest BCUT2D eigenvalue weighted by Gasteiger charge is 2.43. The Labute approximate surface area is 128 Å². The molecule has 3 rings (SSSR count). The number of aryl methyl sites for hydroxylation is 1. The fraction of sp³-hybridized carbons (Fsp3) is 0.667. The Kier molecular flexibility index (Phi) is 4.23. The Bertz CT molecular complexity index is 490. The van der Waals surface area contributed by atoms with E-state index in [1.54, 1.807) is 0 Å². The molecule has 2 aliphatic rings. The molecule has 0 saturated carbocycles. The minimum absolute atomic E-state index is 0.0393. The first kappa shape index (κ1) is 14.9. The molecule has 1 aromatic rings. The molecule has 0 amide bonds. The highest BCUT2D eigenvalue weighted by molar-refractivity contribution is 5.45. The third-order valence-corrected chi connectivity index (χ3v) is 5.25. The monoisotopic (exact) mass is 288 g/mol. The molecule has 1 fully saturated rings. The lowest BCUT2D eigenvalue weighted by Gasteiger charge is -2.47. The number of piperidine rings is 1. The van der Waals surface area contributed by atoms with Crippen LogP contribution < -0.4 is 10.1 Å². The predicted molar refractivity (Wildman–Crippen MR) is 86.9 cm³/mol. The van der Waals surface area contributed by atoms with Crippen LogP contribution in [0.5, 0.6) is 5.75 Å². The van der Waals surface area contributed by atoms with Gasteiger partial charge in [-0.25, -0.2) is 0 Å². The van der Waals surface area contributed by atoms with Crippen molar-refractivity contribution in [1.82, 2.24) is 10.2 Å². The van der Waals surface area contributed by atoms with E-state index >= 15 is 0 Å². The molecular weight excluding hydrogens is 260 g/mol. The number of hydrogen-bond donors (Lipinski definition) is 1. The molecule has 1 spiro atoms. The molecule has 21 heavy (non-hydrogen) atoms. The van der Waals surface area contributed by atoms with E-state index in [1.807, 2.05) is 0 Å². The van der Waals surface area contributed by atoms with E-state index in [0.29, 0.717) is 6.04 Å². The van der Waals surface area contributed by atoms with Crippen molar-refractivity contribution < 1.29 is 4.74 Å². The molecule has 0 bridgehead atoms. The number of nitrogens with one attached hydrogen (secondary N) is 1. The van der Waals surface area contributed by atoms with Gasteiger partial charge in [0.2, 0.25) is 0 Å². The first-order valence-electron chi connectivity index (χ1n) is 8.42. The molecule has 1 aromatic carbocycles. The molecular formula is C18H28N2O. The summed E-state index contributed by atoms with van der Waals surface area (Å²) in [7, 11) is 0. The van der Waals surface area contributed by atoms with Crippen LogP contribution in [0.3, 0.4) is 0 Å². The summed E-state index contributed by atoms with van der Waals surface area (Å²) in [4.78, 5) is 2.59.